The summed E-state index contributed by atoms with van der Waals surface area (Å²) in [4.78, 5) is 0.0480. The Morgan fingerprint density at radius 2 is 2.20 bits per heavy atom. The minimum Gasteiger partial charge on any atom is -0.495 e. The summed E-state index contributed by atoms with van der Waals surface area (Å²) in [5, 5.41) is 3.91. The third kappa shape index (κ3) is 2.91. The maximum Gasteiger partial charge on any atom is 0.265 e. The molecule has 0 unspecified atom stereocenters. The average molecular weight is 296 g/mol. The van der Waals surface area contributed by atoms with Gasteiger partial charge in [-0.1, -0.05) is 6.07 Å². The molecule has 0 aliphatic rings. The Hall–Kier alpha value is -2.06. The molecule has 3 N–H and O–H groups in total. The molecule has 2 rings (SSSR count). The van der Waals surface area contributed by atoms with Crippen molar-refractivity contribution < 1.29 is 13.2 Å². The number of hydrogen-bond donors (Lipinski definition) is 2. The second kappa shape index (κ2) is 5.51. The first-order chi connectivity index (χ1) is 9.46. The summed E-state index contributed by atoms with van der Waals surface area (Å²) < 4.78 is 33.8. The molecule has 108 valence electrons. The molecule has 1 heterocycles. The molecular weight excluding hydrogens is 280 g/mol. The number of methoxy groups -OCH3 is 1. The summed E-state index contributed by atoms with van der Waals surface area (Å²) in [6.45, 7) is 0.249. The van der Waals surface area contributed by atoms with Gasteiger partial charge in [0.2, 0.25) is 0 Å². The SMILES string of the molecule is COc1ccc(CN)cc1S(=O)(=O)Nc1cnn(C)c1. The van der Waals surface area contributed by atoms with Gasteiger partial charge in [-0.05, 0) is 17.7 Å². The monoisotopic (exact) mass is 296 g/mol. The van der Waals surface area contributed by atoms with Crippen molar-refractivity contribution in [3.8, 4) is 5.75 Å². The Labute approximate surface area is 117 Å². The van der Waals surface area contributed by atoms with Crippen LogP contribution in [0.5, 0.6) is 5.75 Å². The van der Waals surface area contributed by atoms with E-state index in [9.17, 15) is 8.42 Å². The van der Waals surface area contributed by atoms with Crippen molar-refractivity contribution in [2.45, 2.75) is 11.4 Å². The highest BCUT2D eigenvalue weighted by atomic mass is 32.2. The van der Waals surface area contributed by atoms with Gasteiger partial charge in [-0.25, -0.2) is 8.42 Å². The van der Waals surface area contributed by atoms with Crippen LogP contribution in [0.2, 0.25) is 0 Å². The van der Waals surface area contributed by atoms with Crippen molar-refractivity contribution in [2.24, 2.45) is 12.8 Å². The third-order valence-corrected chi connectivity index (χ3v) is 4.11. The van der Waals surface area contributed by atoms with Crippen LogP contribution < -0.4 is 15.2 Å². The van der Waals surface area contributed by atoms with Crippen molar-refractivity contribution in [3.05, 3.63) is 36.2 Å². The average Bonchev–Trinajstić information content (AvgIpc) is 2.82. The number of sulfonamides is 1. The third-order valence-electron chi connectivity index (χ3n) is 2.71. The zero-order chi connectivity index (χ0) is 14.8. The molecule has 0 spiro atoms. The fraction of sp³-hybridized carbons (Fsp3) is 0.250. The van der Waals surface area contributed by atoms with Crippen LogP contribution in [-0.4, -0.2) is 25.3 Å². The van der Waals surface area contributed by atoms with Gasteiger partial charge < -0.3 is 10.5 Å². The molecule has 1 aromatic carbocycles. The van der Waals surface area contributed by atoms with E-state index < -0.39 is 10.0 Å². The van der Waals surface area contributed by atoms with Gasteiger partial charge in [0.25, 0.3) is 10.0 Å². The van der Waals surface area contributed by atoms with Crippen LogP contribution in [0.25, 0.3) is 0 Å². The molecule has 7 nitrogen and oxygen atoms in total. The van der Waals surface area contributed by atoms with Crippen molar-refractivity contribution in [3.63, 3.8) is 0 Å². The van der Waals surface area contributed by atoms with Crippen molar-refractivity contribution in [2.75, 3.05) is 11.8 Å². The Morgan fingerprint density at radius 1 is 1.45 bits per heavy atom. The molecule has 0 aliphatic carbocycles. The molecule has 8 heteroatoms. The first-order valence-corrected chi connectivity index (χ1v) is 7.33. The molecule has 20 heavy (non-hydrogen) atoms. The van der Waals surface area contributed by atoms with Crippen LogP contribution in [-0.2, 0) is 23.6 Å². The van der Waals surface area contributed by atoms with Crippen molar-refractivity contribution >= 4 is 15.7 Å². The summed E-state index contributed by atoms with van der Waals surface area (Å²) >= 11 is 0. The molecule has 0 aliphatic heterocycles. The van der Waals surface area contributed by atoms with Crippen LogP contribution in [0.4, 0.5) is 5.69 Å². The molecule has 0 saturated carbocycles. The lowest BCUT2D eigenvalue weighted by atomic mass is 10.2. The summed E-state index contributed by atoms with van der Waals surface area (Å²) in [5.74, 6) is 0.263. The highest BCUT2D eigenvalue weighted by molar-refractivity contribution is 7.92. The number of nitrogens with one attached hydrogen (secondary N) is 1. The van der Waals surface area contributed by atoms with Gasteiger partial charge in [0.15, 0.2) is 0 Å². The highest BCUT2D eigenvalue weighted by Crippen LogP contribution is 2.26. The maximum atomic E-state index is 12.4. The second-order valence-electron chi connectivity index (χ2n) is 4.20. The Bertz CT molecular complexity index is 709. The molecule has 0 amide bonds. The minimum absolute atomic E-state index is 0.0480. The molecule has 2 aromatic rings. The normalized spacial score (nSPS) is 11.3. The van der Waals surface area contributed by atoms with Gasteiger partial charge >= 0.3 is 0 Å². The number of rotatable bonds is 5. The van der Waals surface area contributed by atoms with Gasteiger partial charge in [-0.2, -0.15) is 5.10 Å². The van der Waals surface area contributed by atoms with E-state index in [1.807, 2.05) is 0 Å². The van der Waals surface area contributed by atoms with Crippen LogP contribution in [0.3, 0.4) is 0 Å². The fourth-order valence-corrected chi connectivity index (χ4v) is 2.99. The molecule has 0 saturated heterocycles. The van der Waals surface area contributed by atoms with Gasteiger partial charge in [0.05, 0.1) is 19.0 Å². The number of ether oxygens (including phenoxy) is 1. The lowest BCUT2D eigenvalue weighted by Crippen LogP contribution is -2.14. The zero-order valence-electron chi connectivity index (χ0n) is 11.2. The Balaban J connectivity index is 2.42. The molecule has 0 atom stereocenters. The predicted molar refractivity (Wildman–Crippen MR) is 74.9 cm³/mol. The molecule has 0 bridgehead atoms. The molecule has 0 fully saturated rings. The van der Waals surface area contributed by atoms with Crippen LogP contribution in [0, 0.1) is 0 Å². The number of hydrogen-bond acceptors (Lipinski definition) is 5. The first kappa shape index (κ1) is 14.4. The van der Waals surface area contributed by atoms with E-state index in [4.69, 9.17) is 10.5 Å². The van der Waals surface area contributed by atoms with Crippen molar-refractivity contribution in [1.82, 2.24) is 9.78 Å². The lowest BCUT2D eigenvalue weighted by Gasteiger charge is -2.11. The summed E-state index contributed by atoms with van der Waals surface area (Å²) in [6, 6.07) is 4.81. The van der Waals surface area contributed by atoms with E-state index in [2.05, 4.69) is 9.82 Å². The van der Waals surface area contributed by atoms with Gasteiger partial charge in [0, 0.05) is 19.8 Å². The Morgan fingerprint density at radius 3 is 2.75 bits per heavy atom. The van der Waals surface area contributed by atoms with Crippen LogP contribution in [0.1, 0.15) is 5.56 Å². The smallest absolute Gasteiger partial charge is 0.265 e. The number of aryl methyl sites for hydroxylation is 1. The first-order valence-electron chi connectivity index (χ1n) is 5.84. The van der Waals surface area contributed by atoms with Gasteiger partial charge in [-0.15, -0.1) is 0 Å². The van der Waals surface area contributed by atoms with E-state index in [1.54, 1.807) is 25.4 Å². The predicted octanol–water partition coefficient (Wildman–Crippen LogP) is 0.688. The lowest BCUT2D eigenvalue weighted by molar-refractivity contribution is 0.402. The molecular formula is C12H16N4O3S. The highest BCUT2D eigenvalue weighted by Gasteiger charge is 2.20. The van der Waals surface area contributed by atoms with E-state index in [0.717, 1.165) is 0 Å². The number of aromatic nitrogens is 2. The molecule has 0 radical (unpaired) electrons. The van der Waals surface area contributed by atoms with E-state index in [1.165, 1.54) is 24.1 Å². The van der Waals surface area contributed by atoms with Gasteiger partial charge in [0.1, 0.15) is 10.6 Å². The summed E-state index contributed by atoms with van der Waals surface area (Å²) in [7, 11) is -0.640. The standard InChI is InChI=1S/C12H16N4O3S/c1-16-8-10(7-14-16)15-20(17,18)12-5-9(6-13)3-4-11(12)19-2/h3-5,7-8,15H,6,13H2,1-2H3. The largest absolute Gasteiger partial charge is 0.495 e. The number of nitrogens with zero attached hydrogens (tertiary/aromatic N) is 2. The van der Waals surface area contributed by atoms with Crippen LogP contribution >= 0.6 is 0 Å². The zero-order valence-corrected chi connectivity index (χ0v) is 12.0. The quantitative estimate of drug-likeness (QED) is 0.845. The summed E-state index contributed by atoms with van der Waals surface area (Å²) in [6.07, 6.45) is 2.99. The second-order valence-corrected chi connectivity index (χ2v) is 5.85. The van der Waals surface area contributed by atoms with Crippen molar-refractivity contribution in [1.29, 1.82) is 0 Å². The van der Waals surface area contributed by atoms with E-state index >= 15 is 0 Å². The topological polar surface area (TPSA) is 99.2 Å². The number of nitrogens with two attached hydrogens (primary N) is 1. The Kier molecular flexibility index (Phi) is 3.96. The maximum absolute atomic E-state index is 12.4. The fourth-order valence-electron chi connectivity index (χ4n) is 1.74. The number of benzene rings is 1. The summed E-state index contributed by atoms with van der Waals surface area (Å²) in [5.41, 5.74) is 6.63. The number of anilines is 1. The van der Waals surface area contributed by atoms with Crippen LogP contribution in [0.15, 0.2) is 35.5 Å². The minimum atomic E-state index is -3.76. The molecule has 1 aromatic heterocycles. The van der Waals surface area contributed by atoms with E-state index in [-0.39, 0.29) is 17.2 Å². The van der Waals surface area contributed by atoms with E-state index in [0.29, 0.717) is 11.3 Å². The van der Waals surface area contributed by atoms with Gasteiger partial charge in [-0.3, -0.25) is 9.40 Å².